The molecule has 0 bridgehead atoms. The molecule has 1 aliphatic heterocycles. The fourth-order valence-electron chi connectivity index (χ4n) is 3.25. The van der Waals surface area contributed by atoms with Crippen molar-refractivity contribution in [3.8, 4) is 11.5 Å². The van der Waals surface area contributed by atoms with E-state index in [9.17, 15) is 8.42 Å². The zero-order valence-corrected chi connectivity index (χ0v) is 18.2. The third kappa shape index (κ3) is 4.50. The maximum absolute atomic E-state index is 12.9. The number of benzene rings is 1. The van der Waals surface area contributed by atoms with Crippen LogP contribution in [0, 0.1) is 0 Å². The molecule has 3 heterocycles. The molecule has 0 aliphatic carbocycles. The topological polar surface area (TPSA) is 131 Å². The standard InChI is InChI=1S/C20H22N6O5S/c1-29-15-5-3-6-16(30-2)18(15)26-19(17-7-4-11-31-17)23-24-20(26)25-32(27,28)12-9-14-8-10-21-13-22-14/h3-8,10-11,13,20,24-25H,9,12H2,1-2H3. The molecule has 0 fully saturated rings. The lowest BCUT2D eigenvalue weighted by molar-refractivity contribution is 0.392. The Morgan fingerprint density at radius 3 is 2.56 bits per heavy atom. The molecule has 1 unspecified atom stereocenters. The van der Waals surface area contributed by atoms with E-state index in [0.29, 0.717) is 34.5 Å². The predicted molar refractivity (Wildman–Crippen MR) is 117 cm³/mol. The number of hydrogen-bond donors (Lipinski definition) is 2. The highest BCUT2D eigenvalue weighted by Gasteiger charge is 2.37. The van der Waals surface area contributed by atoms with Crippen LogP contribution in [0.4, 0.5) is 5.69 Å². The molecule has 3 aromatic rings. The Kier molecular flexibility index (Phi) is 6.23. The lowest BCUT2D eigenvalue weighted by Crippen LogP contribution is -2.53. The number of hydrogen-bond acceptors (Lipinski definition) is 10. The van der Waals surface area contributed by atoms with Gasteiger partial charge in [0.05, 0.1) is 26.2 Å². The number of amidine groups is 1. The SMILES string of the molecule is COc1cccc(OC)c1N1C(c2ccco2)=NNC1NS(=O)(=O)CCc1ccncn1. The number of nitrogens with one attached hydrogen (secondary N) is 2. The van der Waals surface area contributed by atoms with E-state index in [1.54, 1.807) is 47.5 Å². The van der Waals surface area contributed by atoms with Gasteiger partial charge in [-0.1, -0.05) is 6.07 Å². The van der Waals surface area contributed by atoms with E-state index >= 15 is 0 Å². The first kappa shape index (κ1) is 21.6. The zero-order valence-electron chi connectivity index (χ0n) is 17.4. The Hall–Kier alpha value is -3.64. The average Bonchev–Trinajstić information content (AvgIpc) is 3.47. The van der Waals surface area contributed by atoms with Crippen LogP contribution >= 0.6 is 0 Å². The summed E-state index contributed by atoms with van der Waals surface area (Å²) in [6, 6.07) is 10.4. The molecule has 1 aliphatic rings. The van der Waals surface area contributed by atoms with Crippen LogP contribution in [0.1, 0.15) is 11.5 Å². The summed E-state index contributed by atoms with van der Waals surface area (Å²) in [5, 5.41) is 4.31. The molecule has 12 heteroatoms. The van der Waals surface area contributed by atoms with Gasteiger partial charge >= 0.3 is 0 Å². The number of rotatable bonds is 9. The third-order valence-corrected chi connectivity index (χ3v) is 6.05. The third-order valence-electron chi connectivity index (χ3n) is 4.72. The van der Waals surface area contributed by atoms with E-state index in [1.165, 1.54) is 26.8 Å². The van der Waals surface area contributed by atoms with Crippen LogP contribution in [-0.2, 0) is 16.4 Å². The normalized spacial score (nSPS) is 15.9. The molecule has 2 aromatic heterocycles. The van der Waals surface area contributed by atoms with Gasteiger partial charge in [0, 0.05) is 18.3 Å². The summed E-state index contributed by atoms with van der Waals surface area (Å²) in [6.45, 7) is 0. The van der Waals surface area contributed by atoms with Crippen LogP contribution < -0.4 is 24.5 Å². The number of ether oxygens (including phenoxy) is 2. The number of sulfonamides is 1. The van der Waals surface area contributed by atoms with Crippen molar-refractivity contribution in [3.63, 3.8) is 0 Å². The Bertz CT molecular complexity index is 1160. The first-order valence-corrected chi connectivity index (χ1v) is 11.3. The second-order valence-electron chi connectivity index (χ2n) is 6.71. The van der Waals surface area contributed by atoms with E-state index in [1.807, 2.05) is 0 Å². The van der Waals surface area contributed by atoms with E-state index < -0.39 is 16.3 Å². The van der Waals surface area contributed by atoms with Crippen molar-refractivity contribution in [1.82, 2.24) is 20.1 Å². The molecule has 0 radical (unpaired) electrons. The first-order valence-electron chi connectivity index (χ1n) is 9.64. The number of furan rings is 1. The average molecular weight is 459 g/mol. The van der Waals surface area contributed by atoms with E-state index in [4.69, 9.17) is 13.9 Å². The Balaban J connectivity index is 1.65. The second kappa shape index (κ2) is 9.24. The highest BCUT2D eigenvalue weighted by Crippen LogP contribution is 2.40. The van der Waals surface area contributed by atoms with Gasteiger partial charge in [-0.05, 0) is 30.3 Å². The Morgan fingerprint density at radius 2 is 1.94 bits per heavy atom. The zero-order chi connectivity index (χ0) is 22.6. The number of hydrazone groups is 1. The second-order valence-corrected chi connectivity index (χ2v) is 8.59. The smallest absolute Gasteiger partial charge is 0.215 e. The molecular formula is C20H22N6O5S. The summed E-state index contributed by atoms with van der Waals surface area (Å²) in [4.78, 5) is 9.53. The molecule has 0 saturated carbocycles. The van der Waals surface area contributed by atoms with Crippen molar-refractivity contribution >= 4 is 21.5 Å². The monoisotopic (exact) mass is 458 g/mol. The van der Waals surface area contributed by atoms with Crippen LogP contribution in [0.25, 0.3) is 0 Å². The maximum atomic E-state index is 12.9. The first-order chi connectivity index (χ1) is 15.5. The Labute approximate surface area is 185 Å². The number of anilines is 1. The van der Waals surface area contributed by atoms with Crippen molar-refractivity contribution in [2.75, 3.05) is 24.9 Å². The van der Waals surface area contributed by atoms with Gasteiger partial charge in [0.1, 0.15) is 23.5 Å². The fourth-order valence-corrected chi connectivity index (χ4v) is 4.35. The van der Waals surface area contributed by atoms with Crippen molar-refractivity contribution in [1.29, 1.82) is 0 Å². The van der Waals surface area contributed by atoms with Crippen molar-refractivity contribution < 1.29 is 22.3 Å². The molecular weight excluding hydrogens is 436 g/mol. The number of aromatic nitrogens is 2. The molecule has 11 nitrogen and oxygen atoms in total. The number of nitrogens with zero attached hydrogens (tertiary/aromatic N) is 4. The number of para-hydroxylation sites is 1. The molecule has 4 rings (SSSR count). The molecule has 1 atom stereocenters. The summed E-state index contributed by atoms with van der Waals surface area (Å²) in [5.74, 6) is 1.57. The highest BCUT2D eigenvalue weighted by molar-refractivity contribution is 7.89. The van der Waals surface area contributed by atoms with Crippen LogP contribution in [0.2, 0.25) is 0 Å². The molecule has 168 valence electrons. The minimum absolute atomic E-state index is 0.171. The quantitative estimate of drug-likeness (QED) is 0.487. The summed E-state index contributed by atoms with van der Waals surface area (Å²) in [7, 11) is -0.695. The summed E-state index contributed by atoms with van der Waals surface area (Å²) < 4.78 is 45.0. The number of methoxy groups -OCH3 is 2. The van der Waals surface area contributed by atoms with Gasteiger partial charge in [-0.25, -0.2) is 18.4 Å². The van der Waals surface area contributed by atoms with Gasteiger partial charge in [-0.15, -0.1) is 0 Å². The minimum Gasteiger partial charge on any atom is -0.494 e. The lowest BCUT2D eigenvalue weighted by Gasteiger charge is -2.29. The molecule has 0 amide bonds. The van der Waals surface area contributed by atoms with E-state index in [2.05, 4.69) is 25.2 Å². The minimum atomic E-state index is -3.74. The molecule has 2 N–H and O–H groups in total. The van der Waals surface area contributed by atoms with Gasteiger partial charge in [0.15, 0.2) is 17.9 Å². The van der Waals surface area contributed by atoms with E-state index in [-0.39, 0.29) is 12.2 Å². The van der Waals surface area contributed by atoms with E-state index in [0.717, 1.165) is 0 Å². The largest absolute Gasteiger partial charge is 0.494 e. The van der Waals surface area contributed by atoms with Crippen LogP contribution in [0.3, 0.4) is 0 Å². The molecule has 32 heavy (non-hydrogen) atoms. The van der Waals surface area contributed by atoms with Gasteiger partial charge in [-0.2, -0.15) is 9.82 Å². The fraction of sp³-hybridized carbons (Fsp3) is 0.250. The lowest BCUT2D eigenvalue weighted by atomic mass is 10.2. The highest BCUT2D eigenvalue weighted by atomic mass is 32.2. The summed E-state index contributed by atoms with van der Waals surface area (Å²) in [6.07, 6.45) is 3.74. The summed E-state index contributed by atoms with van der Waals surface area (Å²) in [5.41, 5.74) is 3.94. The van der Waals surface area contributed by atoms with Crippen molar-refractivity contribution in [3.05, 3.63) is 66.6 Å². The summed E-state index contributed by atoms with van der Waals surface area (Å²) >= 11 is 0. The molecule has 0 spiro atoms. The van der Waals surface area contributed by atoms with Crippen molar-refractivity contribution in [2.24, 2.45) is 5.10 Å². The maximum Gasteiger partial charge on any atom is 0.215 e. The van der Waals surface area contributed by atoms with Gasteiger partial charge in [-0.3, -0.25) is 10.3 Å². The van der Waals surface area contributed by atoms with Crippen LogP contribution in [0.15, 0.2) is 64.7 Å². The molecule has 0 saturated heterocycles. The van der Waals surface area contributed by atoms with Crippen LogP contribution in [-0.4, -0.2) is 50.5 Å². The van der Waals surface area contributed by atoms with Gasteiger partial charge in [0.2, 0.25) is 10.0 Å². The Morgan fingerprint density at radius 1 is 1.16 bits per heavy atom. The molecule has 1 aromatic carbocycles. The van der Waals surface area contributed by atoms with Crippen molar-refractivity contribution in [2.45, 2.75) is 12.7 Å². The van der Waals surface area contributed by atoms with Gasteiger partial charge < -0.3 is 13.9 Å². The van der Waals surface area contributed by atoms with Gasteiger partial charge in [0.25, 0.3) is 0 Å². The number of aryl methyl sites for hydroxylation is 1. The predicted octanol–water partition coefficient (Wildman–Crippen LogP) is 1.30. The van der Waals surface area contributed by atoms with Crippen LogP contribution in [0.5, 0.6) is 11.5 Å².